The number of aliphatic hydroxyl groups excluding tert-OH is 1. The van der Waals surface area contributed by atoms with Gasteiger partial charge in [0, 0.05) is 7.05 Å². The Hall–Kier alpha value is -4.56. The van der Waals surface area contributed by atoms with Crippen molar-refractivity contribution >= 4 is 27.9 Å². The molecule has 5 aromatic rings. The Bertz CT molecular complexity index is 1650. The maximum atomic E-state index is 13.6. The first kappa shape index (κ1) is 20.3. The molecule has 4 aromatic heterocycles. The van der Waals surface area contributed by atoms with E-state index in [0.29, 0.717) is 39.3 Å². The molecule has 0 radical (unpaired) electrons. The van der Waals surface area contributed by atoms with Crippen LogP contribution in [0.5, 0.6) is 0 Å². The van der Waals surface area contributed by atoms with Gasteiger partial charge in [0.25, 0.3) is 5.56 Å². The van der Waals surface area contributed by atoms with Crippen LogP contribution in [0, 0.1) is 18.8 Å². The minimum atomic E-state index is -0.325. The van der Waals surface area contributed by atoms with E-state index in [1.807, 2.05) is 31.2 Å². The number of aryl methyl sites for hydroxylation is 2. The van der Waals surface area contributed by atoms with Crippen molar-refractivity contribution in [3.05, 3.63) is 64.2 Å². The summed E-state index contributed by atoms with van der Waals surface area (Å²) in [7, 11) is 1.71. The molecule has 3 N–H and O–H groups in total. The highest BCUT2D eigenvalue weighted by molar-refractivity contribution is 5.90. The fraction of sp³-hybridized carbons (Fsp3) is 0.182. The minimum absolute atomic E-state index is 0.113. The summed E-state index contributed by atoms with van der Waals surface area (Å²) in [6.45, 7) is 1.72. The summed E-state index contributed by atoms with van der Waals surface area (Å²) in [4.78, 5) is 26.7. The van der Waals surface area contributed by atoms with Crippen molar-refractivity contribution in [3.63, 3.8) is 0 Å². The zero-order chi connectivity index (χ0) is 23.1. The van der Waals surface area contributed by atoms with Gasteiger partial charge in [-0.05, 0) is 24.5 Å². The van der Waals surface area contributed by atoms with Crippen LogP contribution >= 0.6 is 0 Å². The van der Waals surface area contributed by atoms with E-state index in [2.05, 4.69) is 32.0 Å². The number of nitrogen functional groups attached to an aromatic ring is 1. The van der Waals surface area contributed by atoms with Crippen molar-refractivity contribution < 1.29 is 5.11 Å². The highest BCUT2D eigenvalue weighted by atomic mass is 16.2. The molecule has 0 amide bonds. The molecule has 0 bridgehead atoms. The number of para-hydroxylation sites is 1. The Morgan fingerprint density at radius 3 is 2.82 bits per heavy atom. The van der Waals surface area contributed by atoms with Crippen LogP contribution in [-0.4, -0.2) is 50.8 Å². The topological polar surface area (TPSA) is 143 Å². The Labute approximate surface area is 187 Å². The molecule has 0 aliphatic rings. The van der Waals surface area contributed by atoms with Crippen LogP contribution in [0.1, 0.15) is 17.1 Å². The summed E-state index contributed by atoms with van der Waals surface area (Å²) in [5, 5.41) is 18.3. The average molecular weight is 441 g/mol. The normalized spacial score (nSPS) is 11.1. The van der Waals surface area contributed by atoms with E-state index in [4.69, 9.17) is 15.8 Å². The predicted molar refractivity (Wildman–Crippen MR) is 122 cm³/mol. The van der Waals surface area contributed by atoms with Crippen molar-refractivity contribution in [2.45, 2.75) is 13.5 Å². The molecule has 0 unspecified atom stereocenters. The largest absolute Gasteiger partial charge is 0.384 e. The maximum absolute atomic E-state index is 13.6. The van der Waals surface area contributed by atoms with Crippen LogP contribution in [0.3, 0.4) is 0 Å². The van der Waals surface area contributed by atoms with Gasteiger partial charge in [0.2, 0.25) is 0 Å². The zero-order valence-corrected chi connectivity index (χ0v) is 17.9. The molecule has 11 nitrogen and oxygen atoms in total. The van der Waals surface area contributed by atoms with Gasteiger partial charge >= 0.3 is 0 Å². The first-order chi connectivity index (χ1) is 16.0. The quantitative estimate of drug-likeness (QED) is 0.386. The molecule has 0 fully saturated rings. The number of hydrogen-bond acceptors (Lipinski definition) is 8. The lowest BCUT2D eigenvalue weighted by molar-refractivity contribution is 0.350. The van der Waals surface area contributed by atoms with Gasteiger partial charge in [-0.1, -0.05) is 24.1 Å². The van der Waals surface area contributed by atoms with Crippen molar-refractivity contribution in [3.8, 4) is 17.5 Å². The monoisotopic (exact) mass is 441 g/mol. The smallest absolute Gasteiger partial charge is 0.284 e. The first-order valence-corrected chi connectivity index (χ1v) is 10.1. The summed E-state index contributed by atoms with van der Waals surface area (Å²) >= 11 is 0. The Kier molecular flexibility index (Phi) is 4.84. The van der Waals surface area contributed by atoms with E-state index >= 15 is 0 Å². The third kappa shape index (κ3) is 3.29. The molecule has 0 saturated carbocycles. The van der Waals surface area contributed by atoms with Crippen LogP contribution in [0.25, 0.3) is 27.8 Å². The van der Waals surface area contributed by atoms with Crippen molar-refractivity contribution in [1.29, 1.82) is 0 Å². The molecule has 0 aliphatic heterocycles. The Morgan fingerprint density at radius 1 is 1.21 bits per heavy atom. The first-order valence-electron chi connectivity index (χ1n) is 10.1. The fourth-order valence-electron chi connectivity index (χ4n) is 3.82. The number of rotatable bonds is 3. The van der Waals surface area contributed by atoms with Gasteiger partial charge < -0.3 is 10.8 Å². The van der Waals surface area contributed by atoms with Gasteiger partial charge in [-0.2, -0.15) is 10.2 Å². The van der Waals surface area contributed by atoms with Gasteiger partial charge in [0.15, 0.2) is 11.2 Å². The van der Waals surface area contributed by atoms with Gasteiger partial charge in [0.05, 0.1) is 17.3 Å². The summed E-state index contributed by atoms with van der Waals surface area (Å²) in [6, 6.07) is 7.57. The van der Waals surface area contributed by atoms with Crippen molar-refractivity contribution in [2.24, 2.45) is 7.05 Å². The van der Waals surface area contributed by atoms with E-state index < -0.39 is 0 Å². The van der Waals surface area contributed by atoms with E-state index in [1.165, 1.54) is 11.0 Å². The second-order valence-electron chi connectivity index (χ2n) is 7.38. The standard InChI is InChI=1S/C22H19N9O2/c1-13-6-3-4-8-16(13)31-17(27-15-10-26-29(2)19(15)22(31)33)11-30-21-18(20(23)24-12-25-21)14(28-30)7-5-9-32/h3-4,6,8,10,12,32H,9,11H2,1-2H3,(H2,23,24,25). The van der Waals surface area contributed by atoms with Gasteiger partial charge in [-0.3, -0.25) is 14.0 Å². The molecule has 0 aliphatic carbocycles. The van der Waals surface area contributed by atoms with Gasteiger partial charge in [0.1, 0.15) is 42.3 Å². The lowest BCUT2D eigenvalue weighted by Crippen LogP contribution is -2.27. The lowest BCUT2D eigenvalue weighted by atomic mass is 10.2. The Balaban J connectivity index is 1.78. The number of anilines is 1. The van der Waals surface area contributed by atoms with Crippen molar-refractivity contribution in [1.82, 2.24) is 39.1 Å². The second kappa shape index (κ2) is 7.85. The molecule has 5 rings (SSSR count). The highest BCUT2D eigenvalue weighted by Crippen LogP contribution is 2.22. The molecule has 164 valence electrons. The van der Waals surface area contributed by atoms with Crippen molar-refractivity contribution in [2.75, 3.05) is 12.3 Å². The lowest BCUT2D eigenvalue weighted by Gasteiger charge is -2.15. The summed E-state index contributed by atoms with van der Waals surface area (Å²) in [5.41, 5.74) is 9.10. The molecule has 4 heterocycles. The number of hydrogen-bond donors (Lipinski definition) is 2. The average Bonchev–Trinajstić information content (AvgIpc) is 3.35. The van der Waals surface area contributed by atoms with Crippen LogP contribution in [0.15, 0.2) is 41.6 Å². The number of aliphatic hydroxyl groups is 1. The third-order valence-corrected chi connectivity index (χ3v) is 5.32. The van der Waals surface area contributed by atoms with E-state index in [-0.39, 0.29) is 24.5 Å². The van der Waals surface area contributed by atoms with E-state index in [1.54, 1.807) is 22.5 Å². The molecule has 33 heavy (non-hydrogen) atoms. The van der Waals surface area contributed by atoms with E-state index in [0.717, 1.165) is 5.56 Å². The Morgan fingerprint density at radius 2 is 2.03 bits per heavy atom. The SMILES string of the molecule is Cc1ccccc1-n1c(Cn2nc(C#CCO)c3c(N)ncnc32)nc2cnn(C)c2c1=O. The number of nitrogens with zero attached hydrogens (tertiary/aromatic N) is 8. The molecule has 11 heteroatoms. The molecule has 0 atom stereocenters. The van der Waals surface area contributed by atoms with Crippen LogP contribution in [0.2, 0.25) is 0 Å². The fourth-order valence-corrected chi connectivity index (χ4v) is 3.82. The zero-order valence-electron chi connectivity index (χ0n) is 17.9. The van der Waals surface area contributed by atoms with Crippen LogP contribution < -0.4 is 11.3 Å². The third-order valence-electron chi connectivity index (χ3n) is 5.32. The summed E-state index contributed by atoms with van der Waals surface area (Å²) in [5.74, 6) is 6.03. The van der Waals surface area contributed by atoms with Crippen LogP contribution in [-0.2, 0) is 13.6 Å². The number of benzene rings is 1. The molecule has 1 aromatic carbocycles. The number of nitrogens with two attached hydrogens (primary N) is 1. The van der Waals surface area contributed by atoms with E-state index in [9.17, 15) is 4.79 Å². The molecular formula is C22H19N9O2. The number of aromatic nitrogens is 8. The highest BCUT2D eigenvalue weighted by Gasteiger charge is 2.20. The summed E-state index contributed by atoms with van der Waals surface area (Å²) in [6.07, 6.45) is 2.90. The minimum Gasteiger partial charge on any atom is -0.384 e. The summed E-state index contributed by atoms with van der Waals surface area (Å²) < 4.78 is 4.66. The molecule has 0 saturated heterocycles. The number of fused-ring (bicyclic) bond motifs is 2. The predicted octanol–water partition coefficient (Wildman–Crippen LogP) is 0.542. The van der Waals surface area contributed by atoms with Gasteiger partial charge in [-0.15, -0.1) is 0 Å². The second-order valence-corrected chi connectivity index (χ2v) is 7.38. The maximum Gasteiger partial charge on any atom is 0.284 e. The molecule has 0 spiro atoms. The van der Waals surface area contributed by atoms with Crippen LogP contribution in [0.4, 0.5) is 5.82 Å². The molecular weight excluding hydrogens is 422 g/mol. The van der Waals surface area contributed by atoms with Gasteiger partial charge in [-0.25, -0.2) is 19.6 Å².